The molecule has 1 aliphatic heterocycles. The number of hydrogen-bond acceptors (Lipinski definition) is 4. The first-order valence-electron chi connectivity index (χ1n) is 5.98. The van der Waals surface area contributed by atoms with Crippen LogP contribution in [0.2, 0.25) is 5.02 Å². The number of esters is 1. The second kappa shape index (κ2) is 5.59. The van der Waals surface area contributed by atoms with Crippen molar-refractivity contribution in [2.45, 2.75) is 19.4 Å². The summed E-state index contributed by atoms with van der Waals surface area (Å²) in [6.07, 6.45) is -0.577. The standard InChI is InChI=1S/C13H14ClNO4/c1-2-19-13(18)10-5-8(3-4-11(10)14)15-7-9(16)6-12(15)17/h3-5,9,16H,2,6-7H2,1H3. The molecule has 19 heavy (non-hydrogen) atoms. The van der Waals surface area contributed by atoms with Gasteiger partial charge in [-0.2, -0.15) is 0 Å². The molecule has 1 heterocycles. The van der Waals surface area contributed by atoms with Crippen molar-refractivity contribution in [3.05, 3.63) is 28.8 Å². The van der Waals surface area contributed by atoms with Crippen molar-refractivity contribution >= 4 is 29.2 Å². The number of anilines is 1. The minimum atomic E-state index is -0.672. The van der Waals surface area contributed by atoms with Crippen LogP contribution in [0.3, 0.4) is 0 Å². The Morgan fingerprint density at radius 2 is 2.32 bits per heavy atom. The molecular weight excluding hydrogens is 270 g/mol. The minimum absolute atomic E-state index is 0.0946. The number of aliphatic hydroxyl groups excluding tert-OH is 1. The van der Waals surface area contributed by atoms with Gasteiger partial charge in [0, 0.05) is 5.69 Å². The molecule has 1 aliphatic rings. The summed E-state index contributed by atoms with van der Waals surface area (Å²) < 4.78 is 4.90. The summed E-state index contributed by atoms with van der Waals surface area (Å²) in [7, 11) is 0. The fourth-order valence-corrected chi connectivity index (χ4v) is 2.18. The van der Waals surface area contributed by atoms with Crippen molar-refractivity contribution < 1.29 is 19.4 Å². The predicted molar refractivity (Wildman–Crippen MR) is 70.4 cm³/mol. The van der Waals surface area contributed by atoms with E-state index < -0.39 is 12.1 Å². The lowest BCUT2D eigenvalue weighted by Crippen LogP contribution is -2.25. The van der Waals surface area contributed by atoms with Gasteiger partial charge >= 0.3 is 5.97 Å². The molecule has 0 bridgehead atoms. The number of halogens is 1. The summed E-state index contributed by atoms with van der Waals surface area (Å²) in [6, 6.07) is 4.69. The summed E-state index contributed by atoms with van der Waals surface area (Å²) in [5, 5.41) is 9.74. The van der Waals surface area contributed by atoms with Crippen LogP contribution in [0.1, 0.15) is 23.7 Å². The Labute approximate surface area is 115 Å². The molecule has 6 heteroatoms. The first-order chi connectivity index (χ1) is 9.02. The SMILES string of the molecule is CCOC(=O)c1cc(N2CC(O)CC2=O)ccc1Cl. The van der Waals surface area contributed by atoms with Gasteiger partial charge in [-0.25, -0.2) is 4.79 Å². The molecule has 0 aromatic heterocycles. The lowest BCUT2D eigenvalue weighted by atomic mass is 10.2. The summed E-state index contributed by atoms with van der Waals surface area (Å²) >= 11 is 5.94. The van der Waals surface area contributed by atoms with E-state index in [4.69, 9.17) is 16.3 Å². The van der Waals surface area contributed by atoms with E-state index >= 15 is 0 Å². The van der Waals surface area contributed by atoms with Gasteiger partial charge in [0.05, 0.1) is 36.3 Å². The zero-order valence-electron chi connectivity index (χ0n) is 10.4. The van der Waals surface area contributed by atoms with Crippen LogP contribution in [-0.4, -0.2) is 36.2 Å². The number of hydrogen-bond donors (Lipinski definition) is 1. The maximum Gasteiger partial charge on any atom is 0.339 e. The molecule has 1 saturated heterocycles. The van der Waals surface area contributed by atoms with E-state index in [1.165, 1.54) is 11.0 Å². The summed E-state index contributed by atoms with van der Waals surface area (Å²) in [4.78, 5) is 24.8. The van der Waals surface area contributed by atoms with Crippen molar-refractivity contribution in [2.24, 2.45) is 0 Å². The molecule has 0 saturated carbocycles. The molecule has 1 atom stereocenters. The van der Waals surface area contributed by atoms with Crippen LogP contribution in [0.25, 0.3) is 0 Å². The number of β-amino-alcohol motifs (C(OH)–C–C–N with tert-alkyl or cyclic N) is 1. The van der Waals surface area contributed by atoms with Crippen molar-refractivity contribution in [2.75, 3.05) is 18.1 Å². The van der Waals surface area contributed by atoms with Crippen LogP contribution >= 0.6 is 11.6 Å². The van der Waals surface area contributed by atoms with Crippen LogP contribution in [0, 0.1) is 0 Å². The van der Waals surface area contributed by atoms with E-state index in [0.29, 0.717) is 5.69 Å². The van der Waals surface area contributed by atoms with Gasteiger partial charge in [-0.3, -0.25) is 4.79 Å². The molecule has 0 radical (unpaired) electrons. The Morgan fingerprint density at radius 1 is 1.58 bits per heavy atom. The number of ether oxygens (including phenoxy) is 1. The summed E-state index contributed by atoms with van der Waals surface area (Å²) in [5.74, 6) is -0.703. The average molecular weight is 284 g/mol. The van der Waals surface area contributed by atoms with Crippen LogP contribution in [0.4, 0.5) is 5.69 Å². The van der Waals surface area contributed by atoms with E-state index in [2.05, 4.69) is 0 Å². The van der Waals surface area contributed by atoms with Crippen molar-refractivity contribution in [1.29, 1.82) is 0 Å². The molecule has 1 aromatic carbocycles. The van der Waals surface area contributed by atoms with Gasteiger partial charge in [0.1, 0.15) is 0 Å². The molecule has 2 rings (SSSR count). The van der Waals surface area contributed by atoms with Crippen LogP contribution < -0.4 is 4.90 Å². The van der Waals surface area contributed by atoms with Gasteiger partial charge in [-0.15, -0.1) is 0 Å². The summed E-state index contributed by atoms with van der Waals surface area (Å²) in [6.45, 7) is 2.18. The predicted octanol–water partition coefficient (Wildman–Crippen LogP) is 1.61. The van der Waals surface area contributed by atoms with Gasteiger partial charge in [0.2, 0.25) is 5.91 Å². The van der Waals surface area contributed by atoms with Crippen molar-refractivity contribution in [3.63, 3.8) is 0 Å². The third-order valence-electron chi connectivity index (χ3n) is 2.86. The molecule has 1 unspecified atom stereocenters. The Hall–Kier alpha value is -1.59. The third kappa shape index (κ3) is 2.88. The van der Waals surface area contributed by atoms with Crippen molar-refractivity contribution in [1.82, 2.24) is 0 Å². The second-order valence-electron chi connectivity index (χ2n) is 4.25. The Kier molecular flexibility index (Phi) is 4.07. The first kappa shape index (κ1) is 13.8. The number of aliphatic hydroxyl groups is 1. The second-order valence-corrected chi connectivity index (χ2v) is 4.65. The highest BCUT2D eigenvalue weighted by Crippen LogP contribution is 2.27. The Balaban J connectivity index is 2.31. The molecule has 1 N–H and O–H groups in total. The van der Waals surface area contributed by atoms with Gasteiger partial charge < -0.3 is 14.7 Å². The van der Waals surface area contributed by atoms with Crippen LogP contribution in [0.5, 0.6) is 0 Å². The molecule has 0 spiro atoms. The van der Waals surface area contributed by atoms with Gasteiger partial charge in [0.25, 0.3) is 0 Å². The molecule has 1 fully saturated rings. The van der Waals surface area contributed by atoms with E-state index in [1.807, 2.05) is 0 Å². The highest BCUT2D eigenvalue weighted by Gasteiger charge is 2.29. The van der Waals surface area contributed by atoms with Crippen molar-refractivity contribution in [3.8, 4) is 0 Å². The lowest BCUT2D eigenvalue weighted by molar-refractivity contribution is -0.117. The van der Waals surface area contributed by atoms with E-state index in [0.717, 1.165) is 0 Å². The zero-order valence-corrected chi connectivity index (χ0v) is 11.2. The van der Waals surface area contributed by atoms with Crippen LogP contribution in [-0.2, 0) is 9.53 Å². The summed E-state index contributed by atoms with van der Waals surface area (Å²) in [5.41, 5.74) is 0.754. The number of nitrogens with zero attached hydrogens (tertiary/aromatic N) is 1. The normalized spacial score (nSPS) is 18.8. The maximum absolute atomic E-state index is 11.7. The molecular formula is C13H14ClNO4. The highest BCUT2D eigenvalue weighted by atomic mass is 35.5. The molecule has 5 nitrogen and oxygen atoms in total. The fourth-order valence-electron chi connectivity index (χ4n) is 1.98. The molecule has 1 amide bonds. The Morgan fingerprint density at radius 3 is 2.89 bits per heavy atom. The first-order valence-corrected chi connectivity index (χ1v) is 6.35. The largest absolute Gasteiger partial charge is 0.462 e. The Bertz CT molecular complexity index is 517. The monoisotopic (exact) mass is 283 g/mol. The highest BCUT2D eigenvalue weighted by molar-refractivity contribution is 6.33. The van der Waals surface area contributed by atoms with E-state index in [1.54, 1.807) is 19.1 Å². The third-order valence-corrected chi connectivity index (χ3v) is 3.19. The van der Waals surface area contributed by atoms with Gasteiger partial charge in [-0.05, 0) is 25.1 Å². The smallest absolute Gasteiger partial charge is 0.339 e. The van der Waals surface area contributed by atoms with E-state index in [9.17, 15) is 14.7 Å². The maximum atomic E-state index is 11.7. The number of rotatable bonds is 3. The molecule has 102 valence electrons. The minimum Gasteiger partial charge on any atom is -0.462 e. The molecule has 0 aliphatic carbocycles. The topological polar surface area (TPSA) is 66.8 Å². The number of carbonyl (C=O) groups excluding carboxylic acids is 2. The number of carbonyl (C=O) groups is 2. The zero-order chi connectivity index (χ0) is 14.0. The fraction of sp³-hybridized carbons (Fsp3) is 0.385. The quantitative estimate of drug-likeness (QED) is 0.856. The van der Waals surface area contributed by atoms with Crippen LogP contribution in [0.15, 0.2) is 18.2 Å². The molecule has 1 aromatic rings. The van der Waals surface area contributed by atoms with Gasteiger partial charge in [-0.1, -0.05) is 11.6 Å². The van der Waals surface area contributed by atoms with Gasteiger partial charge in [0.15, 0.2) is 0 Å². The average Bonchev–Trinajstić information content (AvgIpc) is 2.69. The van der Waals surface area contributed by atoms with E-state index in [-0.39, 0.29) is 36.1 Å². The number of amides is 1. The number of benzene rings is 1. The lowest BCUT2D eigenvalue weighted by Gasteiger charge is -2.17.